The van der Waals surface area contributed by atoms with Crippen LogP contribution in [0, 0.1) is 5.41 Å². The van der Waals surface area contributed by atoms with Crippen molar-refractivity contribution in [3.63, 3.8) is 0 Å². The van der Waals surface area contributed by atoms with Crippen molar-refractivity contribution < 1.29 is 18.7 Å². The molecule has 1 heterocycles. The van der Waals surface area contributed by atoms with Crippen molar-refractivity contribution in [1.29, 1.82) is 0 Å². The van der Waals surface area contributed by atoms with Crippen LogP contribution in [0.4, 0.5) is 0 Å². The van der Waals surface area contributed by atoms with Gasteiger partial charge in [0.2, 0.25) is 11.5 Å². The molecule has 1 aromatic rings. The molecule has 98 valence electrons. The highest BCUT2D eigenvalue weighted by molar-refractivity contribution is 5.99. The van der Waals surface area contributed by atoms with E-state index < -0.39 is 5.97 Å². The quantitative estimate of drug-likeness (QED) is 0.610. The zero-order valence-corrected chi connectivity index (χ0v) is 10.8. The van der Waals surface area contributed by atoms with Gasteiger partial charge in [0, 0.05) is 5.41 Å². The lowest BCUT2D eigenvalue weighted by Crippen LogP contribution is -2.30. The zero-order valence-electron chi connectivity index (χ0n) is 10.8. The second-order valence-corrected chi connectivity index (χ2v) is 5.11. The van der Waals surface area contributed by atoms with E-state index in [9.17, 15) is 9.59 Å². The minimum atomic E-state index is -0.553. The van der Waals surface area contributed by atoms with Gasteiger partial charge in [-0.15, -0.1) is 0 Å². The Kier molecular flexibility index (Phi) is 3.55. The molecule has 0 N–H and O–H groups in total. The van der Waals surface area contributed by atoms with Gasteiger partial charge in [0.25, 0.3) is 0 Å². The molecule has 4 heteroatoms. The first kappa shape index (κ1) is 12.9. The number of carbonyl (C=O) groups is 2. The summed E-state index contributed by atoms with van der Waals surface area (Å²) in [5, 5.41) is 0. The van der Waals surface area contributed by atoms with E-state index >= 15 is 0 Å². The Morgan fingerprint density at radius 1 is 1.17 bits per heavy atom. The van der Waals surface area contributed by atoms with Crippen LogP contribution in [-0.2, 0) is 4.74 Å². The van der Waals surface area contributed by atoms with Crippen LogP contribution < -0.4 is 0 Å². The van der Waals surface area contributed by atoms with E-state index in [4.69, 9.17) is 4.42 Å². The zero-order chi connectivity index (χ0) is 13.2. The van der Waals surface area contributed by atoms with E-state index in [1.54, 1.807) is 6.07 Å². The first-order valence-electron chi connectivity index (χ1n) is 6.30. The molecular weight excluding hydrogens is 232 g/mol. The summed E-state index contributed by atoms with van der Waals surface area (Å²) in [6, 6.07) is 3.06. The monoisotopic (exact) mass is 250 g/mol. The summed E-state index contributed by atoms with van der Waals surface area (Å²) in [4.78, 5) is 23.7. The second-order valence-electron chi connectivity index (χ2n) is 5.11. The fourth-order valence-electron chi connectivity index (χ4n) is 2.53. The molecule has 1 fully saturated rings. The Labute approximate surface area is 106 Å². The van der Waals surface area contributed by atoms with Crippen molar-refractivity contribution >= 4 is 11.8 Å². The number of ketones is 1. The second kappa shape index (κ2) is 4.96. The normalized spacial score (nSPS) is 18.3. The number of ether oxygens (including phenoxy) is 1. The number of hydrogen-bond acceptors (Lipinski definition) is 4. The lowest BCUT2D eigenvalue weighted by Gasteiger charge is -2.30. The Hall–Kier alpha value is -1.58. The predicted molar refractivity (Wildman–Crippen MR) is 65.6 cm³/mol. The highest BCUT2D eigenvalue weighted by Crippen LogP contribution is 2.38. The fraction of sp³-hybridized carbons (Fsp3) is 0.571. The first-order valence-corrected chi connectivity index (χ1v) is 6.30. The topological polar surface area (TPSA) is 56.5 Å². The van der Waals surface area contributed by atoms with Crippen LogP contribution in [0.5, 0.6) is 0 Å². The van der Waals surface area contributed by atoms with Gasteiger partial charge in [0.05, 0.1) is 7.11 Å². The largest absolute Gasteiger partial charge is 0.463 e. The third kappa shape index (κ3) is 2.33. The van der Waals surface area contributed by atoms with Gasteiger partial charge < -0.3 is 9.15 Å². The van der Waals surface area contributed by atoms with Gasteiger partial charge in [-0.3, -0.25) is 4.79 Å². The summed E-state index contributed by atoms with van der Waals surface area (Å²) in [5.41, 5.74) is -0.344. The van der Waals surface area contributed by atoms with E-state index in [-0.39, 0.29) is 22.7 Å². The van der Waals surface area contributed by atoms with Crippen LogP contribution in [-0.4, -0.2) is 18.9 Å². The minimum absolute atomic E-state index is 0.00245. The van der Waals surface area contributed by atoms with E-state index in [1.807, 2.05) is 6.92 Å². The molecule has 1 saturated carbocycles. The summed E-state index contributed by atoms with van der Waals surface area (Å²) >= 11 is 0. The number of furan rings is 1. The fourth-order valence-corrected chi connectivity index (χ4v) is 2.53. The summed E-state index contributed by atoms with van der Waals surface area (Å²) in [6.07, 6.45) is 5.12. The van der Waals surface area contributed by atoms with Gasteiger partial charge >= 0.3 is 5.97 Å². The van der Waals surface area contributed by atoms with Gasteiger partial charge in [0.1, 0.15) is 0 Å². The summed E-state index contributed by atoms with van der Waals surface area (Å²) in [5.74, 6) is -0.208. The third-order valence-corrected chi connectivity index (χ3v) is 3.72. The molecule has 0 radical (unpaired) electrons. The SMILES string of the molecule is COC(=O)c1ccc(C(=O)C2(C)CCCCC2)o1. The molecule has 0 aliphatic heterocycles. The van der Waals surface area contributed by atoms with E-state index in [0.717, 1.165) is 25.7 Å². The van der Waals surface area contributed by atoms with E-state index in [2.05, 4.69) is 4.74 Å². The summed E-state index contributed by atoms with van der Waals surface area (Å²) in [6.45, 7) is 1.98. The number of hydrogen-bond donors (Lipinski definition) is 0. The van der Waals surface area contributed by atoms with Crippen LogP contribution in [0.3, 0.4) is 0 Å². The molecule has 1 aliphatic carbocycles. The van der Waals surface area contributed by atoms with Gasteiger partial charge in [-0.25, -0.2) is 4.79 Å². The molecule has 0 spiro atoms. The van der Waals surface area contributed by atoms with Crippen LogP contribution in [0.1, 0.15) is 60.1 Å². The molecule has 0 atom stereocenters. The maximum atomic E-state index is 12.4. The standard InChI is InChI=1S/C14H18O4/c1-14(8-4-3-5-9-14)12(15)10-6-7-11(18-10)13(16)17-2/h6-7H,3-5,8-9H2,1-2H3. The molecule has 0 bridgehead atoms. The molecule has 18 heavy (non-hydrogen) atoms. The maximum Gasteiger partial charge on any atom is 0.373 e. The number of esters is 1. The number of carbonyl (C=O) groups excluding carboxylic acids is 2. The van der Waals surface area contributed by atoms with Crippen molar-refractivity contribution in [2.24, 2.45) is 5.41 Å². The molecule has 0 amide bonds. The highest BCUT2D eigenvalue weighted by Gasteiger charge is 2.37. The molecule has 0 unspecified atom stereocenters. The number of Topliss-reactive ketones (excluding diaryl/α,β-unsaturated/α-hetero) is 1. The Morgan fingerprint density at radius 2 is 1.78 bits per heavy atom. The lowest BCUT2D eigenvalue weighted by atomic mass is 9.72. The van der Waals surface area contributed by atoms with Crippen molar-refractivity contribution in [2.75, 3.05) is 7.11 Å². The summed E-state index contributed by atoms with van der Waals surface area (Å²) in [7, 11) is 1.29. The minimum Gasteiger partial charge on any atom is -0.463 e. The van der Waals surface area contributed by atoms with Crippen molar-refractivity contribution in [3.8, 4) is 0 Å². The Bertz CT molecular complexity index is 452. The maximum absolute atomic E-state index is 12.4. The Balaban J connectivity index is 2.18. The molecule has 1 aliphatic rings. The van der Waals surface area contributed by atoms with Crippen molar-refractivity contribution in [1.82, 2.24) is 0 Å². The van der Waals surface area contributed by atoms with Gasteiger partial charge in [0.15, 0.2) is 5.76 Å². The molecular formula is C14H18O4. The average Bonchev–Trinajstić information content (AvgIpc) is 2.87. The van der Waals surface area contributed by atoms with Crippen LogP contribution in [0.15, 0.2) is 16.5 Å². The molecule has 4 nitrogen and oxygen atoms in total. The van der Waals surface area contributed by atoms with Crippen molar-refractivity contribution in [3.05, 3.63) is 23.7 Å². The van der Waals surface area contributed by atoms with Crippen molar-refractivity contribution in [2.45, 2.75) is 39.0 Å². The molecule has 0 saturated heterocycles. The molecule has 0 aromatic carbocycles. The number of rotatable bonds is 3. The van der Waals surface area contributed by atoms with E-state index in [0.29, 0.717) is 0 Å². The average molecular weight is 250 g/mol. The van der Waals surface area contributed by atoms with Gasteiger partial charge in [-0.2, -0.15) is 0 Å². The van der Waals surface area contributed by atoms with Gasteiger partial charge in [-0.1, -0.05) is 26.2 Å². The van der Waals surface area contributed by atoms with Crippen LogP contribution in [0.25, 0.3) is 0 Å². The number of methoxy groups -OCH3 is 1. The van der Waals surface area contributed by atoms with E-state index in [1.165, 1.54) is 19.6 Å². The van der Waals surface area contributed by atoms with Crippen LogP contribution >= 0.6 is 0 Å². The predicted octanol–water partition coefficient (Wildman–Crippen LogP) is 3.22. The molecule has 1 aromatic heterocycles. The van der Waals surface area contributed by atoms with Gasteiger partial charge in [-0.05, 0) is 25.0 Å². The smallest absolute Gasteiger partial charge is 0.373 e. The highest BCUT2D eigenvalue weighted by atomic mass is 16.5. The van der Waals surface area contributed by atoms with Crippen LogP contribution in [0.2, 0.25) is 0 Å². The third-order valence-electron chi connectivity index (χ3n) is 3.72. The summed E-state index contributed by atoms with van der Waals surface area (Å²) < 4.78 is 9.85. The lowest BCUT2D eigenvalue weighted by molar-refractivity contribution is 0.0558. The molecule has 2 rings (SSSR count). The first-order chi connectivity index (χ1) is 8.57. The Morgan fingerprint density at radius 3 is 2.39 bits per heavy atom.